The van der Waals surface area contributed by atoms with Gasteiger partial charge in [-0.05, 0) is 18.3 Å². The number of hydrogen-bond acceptors (Lipinski definition) is 5. The van der Waals surface area contributed by atoms with E-state index in [2.05, 4.69) is 35.9 Å². The Morgan fingerprint density at radius 3 is 3.00 bits per heavy atom. The van der Waals surface area contributed by atoms with Gasteiger partial charge in [0, 0.05) is 11.7 Å². The van der Waals surface area contributed by atoms with Crippen LogP contribution in [0.25, 0.3) is 0 Å². The normalized spacial score (nSPS) is 21.1. The second-order valence-electron chi connectivity index (χ2n) is 5.04. The number of carbonyl (C=O) groups excluding carboxylic acids is 1. The summed E-state index contributed by atoms with van der Waals surface area (Å²) in [5.74, 6) is 0.978. The molecule has 1 amide bonds. The second-order valence-corrected chi connectivity index (χ2v) is 7.29. The third kappa shape index (κ3) is 2.92. The molecule has 1 atom stereocenters. The third-order valence-corrected chi connectivity index (χ3v) is 5.27. The molecule has 18 heavy (non-hydrogen) atoms. The van der Waals surface area contributed by atoms with Crippen molar-refractivity contribution in [3.8, 4) is 0 Å². The van der Waals surface area contributed by atoms with Gasteiger partial charge < -0.3 is 5.32 Å². The zero-order chi connectivity index (χ0) is 13.2. The Morgan fingerprint density at radius 1 is 1.67 bits per heavy atom. The maximum atomic E-state index is 12.0. The molecule has 2 rings (SSSR count). The minimum atomic E-state index is 0.0719. The standard InChI is InChI=1S/C12H17N3OS2/c1-4-7-17-11-15-14-10(18-11)13-9(16)8-5-6-12(8,2)3/h4,8H,1,5-7H2,2-3H3,(H,13,14,16). The third-order valence-electron chi connectivity index (χ3n) is 3.30. The number of rotatable bonds is 5. The second kappa shape index (κ2) is 5.40. The van der Waals surface area contributed by atoms with Crippen molar-refractivity contribution in [3.05, 3.63) is 12.7 Å². The molecule has 1 aromatic heterocycles. The van der Waals surface area contributed by atoms with E-state index in [1.54, 1.807) is 11.8 Å². The van der Waals surface area contributed by atoms with Gasteiger partial charge in [-0.2, -0.15) is 0 Å². The molecule has 1 aliphatic rings. The fraction of sp³-hybridized carbons (Fsp3) is 0.583. The molecule has 0 aliphatic heterocycles. The van der Waals surface area contributed by atoms with Crippen molar-refractivity contribution in [2.45, 2.75) is 31.0 Å². The molecular formula is C12H17N3OS2. The average Bonchev–Trinajstić information content (AvgIpc) is 2.72. The topological polar surface area (TPSA) is 54.9 Å². The lowest BCUT2D eigenvalue weighted by molar-refractivity contribution is -0.128. The van der Waals surface area contributed by atoms with Crippen LogP contribution in [0.1, 0.15) is 26.7 Å². The molecule has 1 aromatic rings. The SMILES string of the molecule is C=CCSc1nnc(NC(=O)C2CCC2(C)C)s1. The van der Waals surface area contributed by atoms with Gasteiger partial charge in [0.25, 0.3) is 0 Å². The Morgan fingerprint density at radius 2 is 2.44 bits per heavy atom. The van der Waals surface area contributed by atoms with E-state index in [0.717, 1.165) is 22.9 Å². The van der Waals surface area contributed by atoms with Gasteiger partial charge in [-0.25, -0.2) is 0 Å². The summed E-state index contributed by atoms with van der Waals surface area (Å²) in [7, 11) is 0. The molecule has 0 radical (unpaired) electrons. The Balaban J connectivity index is 1.91. The molecule has 1 unspecified atom stereocenters. The fourth-order valence-corrected chi connectivity index (χ4v) is 3.51. The number of hydrogen-bond donors (Lipinski definition) is 1. The smallest absolute Gasteiger partial charge is 0.229 e. The van der Waals surface area contributed by atoms with Crippen molar-refractivity contribution in [2.75, 3.05) is 11.1 Å². The van der Waals surface area contributed by atoms with E-state index >= 15 is 0 Å². The molecule has 4 nitrogen and oxygen atoms in total. The lowest BCUT2D eigenvalue weighted by atomic mass is 9.62. The number of amides is 1. The van der Waals surface area contributed by atoms with E-state index in [9.17, 15) is 4.79 Å². The fourth-order valence-electron chi connectivity index (χ4n) is 1.99. The lowest BCUT2D eigenvalue weighted by Gasteiger charge is -2.42. The summed E-state index contributed by atoms with van der Waals surface area (Å²) >= 11 is 2.99. The first-order chi connectivity index (χ1) is 8.53. The summed E-state index contributed by atoms with van der Waals surface area (Å²) < 4.78 is 0.859. The predicted octanol–water partition coefficient (Wildman–Crippen LogP) is 3.19. The van der Waals surface area contributed by atoms with Gasteiger partial charge in [-0.15, -0.1) is 16.8 Å². The van der Waals surface area contributed by atoms with E-state index in [0.29, 0.717) is 5.13 Å². The summed E-state index contributed by atoms with van der Waals surface area (Å²) in [5, 5.41) is 11.4. The van der Waals surface area contributed by atoms with Crippen molar-refractivity contribution in [3.63, 3.8) is 0 Å². The molecular weight excluding hydrogens is 266 g/mol. The van der Waals surface area contributed by atoms with Crippen molar-refractivity contribution < 1.29 is 4.79 Å². The van der Waals surface area contributed by atoms with E-state index in [1.165, 1.54) is 11.3 Å². The molecule has 1 fully saturated rings. The Labute approximate surface area is 115 Å². The van der Waals surface area contributed by atoms with Gasteiger partial charge in [0.15, 0.2) is 4.34 Å². The molecule has 0 bridgehead atoms. The van der Waals surface area contributed by atoms with Gasteiger partial charge >= 0.3 is 0 Å². The minimum Gasteiger partial charge on any atom is -0.300 e. The van der Waals surface area contributed by atoms with Crippen LogP contribution in [-0.2, 0) is 4.79 Å². The van der Waals surface area contributed by atoms with Gasteiger partial charge in [-0.3, -0.25) is 4.79 Å². The minimum absolute atomic E-state index is 0.0719. The van der Waals surface area contributed by atoms with Crippen molar-refractivity contribution >= 4 is 34.1 Å². The van der Waals surface area contributed by atoms with Gasteiger partial charge in [0.1, 0.15) is 0 Å². The maximum absolute atomic E-state index is 12.0. The van der Waals surface area contributed by atoms with E-state index < -0.39 is 0 Å². The Hall–Kier alpha value is -0.880. The van der Waals surface area contributed by atoms with Crippen molar-refractivity contribution in [1.29, 1.82) is 0 Å². The highest BCUT2D eigenvalue weighted by molar-refractivity contribution is 8.01. The van der Waals surface area contributed by atoms with Crippen LogP contribution in [0.5, 0.6) is 0 Å². The molecule has 1 N–H and O–H groups in total. The molecule has 1 aliphatic carbocycles. The molecule has 0 spiro atoms. The molecule has 0 saturated heterocycles. The van der Waals surface area contributed by atoms with E-state index in [1.807, 2.05) is 6.08 Å². The lowest BCUT2D eigenvalue weighted by Crippen LogP contribution is -2.42. The van der Waals surface area contributed by atoms with Crippen LogP contribution in [0, 0.1) is 11.3 Å². The van der Waals surface area contributed by atoms with Crippen LogP contribution < -0.4 is 5.32 Å². The Bertz CT molecular complexity index is 456. The van der Waals surface area contributed by atoms with E-state index in [-0.39, 0.29) is 17.2 Å². The average molecular weight is 283 g/mol. The highest BCUT2D eigenvalue weighted by Gasteiger charge is 2.43. The van der Waals surface area contributed by atoms with Crippen LogP contribution in [0.15, 0.2) is 17.0 Å². The van der Waals surface area contributed by atoms with Crippen LogP contribution in [0.3, 0.4) is 0 Å². The van der Waals surface area contributed by atoms with Crippen LogP contribution in [-0.4, -0.2) is 21.9 Å². The van der Waals surface area contributed by atoms with Gasteiger partial charge in [0.05, 0.1) is 0 Å². The highest BCUT2D eigenvalue weighted by atomic mass is 32.2. The number of nitrogens with zero attached hydrogens (tertiary/aromatic N) is 2. The zero-order valence-corrected chi connectivity index (χ0v) is 12.2. The number of thioether (sulfide) groups is 1. The number of aromatic nitrogens is 2. The predicted molar refractivity (Wildman–Crippen MR) is 76.0 cm³/mol. The largest absolute Gasteiger partial charge is 0.300 e. The Kier molecular flexibility index (Phi) is 4.07. The van der Waals surface area contributed by atoms with Gasteiger partial charge in [0.2, 0.25) is 11.0 Å². The molecule has 1 heterocycles. The first-order valence-electron chi connectivity index (χ1n) is 5.91. The highest BCUT2D eigenvalue weighted by Crippen LogP contribution is 2.46. The monoisotopic (exact) mass is 283 g/mol. The van der Waals surface area contributed by atoms with Crippen LogP contribution in [0.2, 0.25) is 0 Å². The number of anilines is 1. The van der Waals surface area contributed by atoms with Crippen LogP contribution >= 0.6 is 23.1 Å². The van der Waals surface area contributed by atoms with Crippen molar-refractivity contribution in [2.24, 2.45) is 11.3 Å². The van der Waals surface area contributed by atoms with E-state index in [4.69, 9.17) is 0 Å². The molecule has 0 aromatic carbocycles. The summed E-state index contributed by atoms with van der Waals surface area (Å²) in [6, 6.07) is 0. The number of nitrogens with one attached hydrogen (secondary N) is 1. The summed E-state index contributed by atoms with van der Waals surface area (Å²) in [4.78, 5) is 12.0. The van der Waals surface area contributed by atoms with Crippen molar-refractivity contribution in [1.82, 2.24) is 10.2 Å². The molecule has 98 valence electrons. The quantitative estimate of drug-likeness (QED) is 0.512. The number of carbonyl (C=O) groups is 1. The first-order valence-corrected chi connectivity index (χ1v) is 7.71. The first kappa shape index (κ1) is 13.5. The zero-order valence-electron chi connectivity index (χ0n) is 10.6. The summed E-state index contributed by atoms with van der Waals surface area (Å²) in [6.45, 7) is 7.92. The summed E-state index contributed by atoms with van der Waals surface area (Å²) in [6.07, 6.45) is 3.90. The molecule has 1 saturated carbocycles. The molecule has 6 heteroatoms. The summed E-state index contributed by atoms with van der Waals surface area (Å²) in [5.41, 5.74) is 0.120. The maximum Gasteiger partial charge on any atom is 0.229 e. The van der Waals surface area contributed by atoms with Crippen LogP contribution in [0.4, 0.5) is 5.13 Å². The van der Waals surface area contributed by atoms with Gasteiger partial charge in [-0.1, -0.05) is 43.0 Å².